The van der Waals surface area contributed by atoms with E-state index in [4.69, 9.17) is 14.2 Å². The summed E-state index contributed by atoms with van der Waals surface area (Å²) in [5.41, 5.74) is 0. The van der Waals surface area contributed by atoms with E-state index < -0.39 is 6.10 Å². The highest BCUT2D eigenvalue weighted by Gasteiger charge is 2.19. The first-order chi connectivity index (χ1) is 37.5. The van der Waals surface area contributed by atoms with Gasteiger partial charge in [-0.05, 0) is 77.0 Å². The molecule has 0 heterocycles. The molecule has 0 saturated carbocycles. The maximum absolute atomic E-state index is 12.8. The van der Waals surface area contributed by atoms with Gasteiger partial charge in [0.15, 0.2) is 6.10 Å². The molecule has 0 bridgehead atoms. The number of rotatable bonds is 59. The molecule has 0 N–H and O–H groups in total. The molecule has 1 atom stereocenters. The van der Waals surface area contributed by atoms with E-state index in [-0.39, 0.29) is 31.1 Å². The lowest BCUT2D eigenvalue weighted by molar-refractivity contribution is -0.167. The van der Waals surface area contributed by atoms with Crippen LogP contribution in [0.3, 0.4) is 0 Å². The fourth-order valence-electron chi connectivity index (χ4n) is 9.31. The predicted molar refractivity (Wildman–Crippen MR) is 330 cm³/mol. The first-order valence-corrected chi connectivity index (χ1v) is 32.6. The van der Waals surface area contributed by atoms with E-state index in [0.29, 0.717) is 19.3 Å². The molecule has 76 heavy (non-hydrogen) atoms. The number of esters is 3. The van der Waals surface area contributed by atoms with Crippen molar-refractivity contribution in [2.24, 2.45) is 0 Å². The second-order valence-corrected chi connectivity index (χ2v) is 21.7. The molecular weight excluding hydrogens is 937 g/mol. The molecule has 438 valence electrons. The van der Waals surface area contributed by atoms with Gasteiger partial charge in [0, 0.05) is 19.3 Å². The number of hydrogen-bond donors (Lipinski definition) is 0. The topological polar surface area (TPSA) is 78.9 Å². The van der Waals surface area contributed by atoms with Crippen LogP contribution in [0, 0.1) is 0 Å². The molecule has 0 spiro atoms. The van der Waals surface area contributed by atoms with Gasteiger partial charge < -0.3 is 14.2 Å². The fourth-order valence-corrected chi connectivity index (χ4v) is 9.31. The number of carbonyl (C=O) groups excluding carboxylic acids is 3. The van der Waals surface area contributed by atoms with E-state index in [1.807, 2.05) is 0 Å². The highest BCUT2D eigenvalue weighted by molar-refractivity contribution is 5.71. The van der Waals surface area contributed by atoms with Crippen LogP contribution in [-0.4, -0.2) is 37.2 Å². The largest absolute Gasteiger partial charge is 0.462 e. The summed E-state index contributed by atoms with van der Waals surface area (Å²) in [7, 11) is 0. The number of ether oxygens (including phenoxy) is 3. The average Bonchev–Trinajstić information content (AvgIpc) is 3.42. The van der Waals surface area contributed by atoms with E-state index in [9.17, 15) is 14.4 Å². The monoisotopic (exact) mass is 1060 g/mol. The molecule has 0 aliphatic carbocycles. The van der Waals surface area contributed by atoms with Gasteiger partial charge in [-0.1, -0.05) is 311 Å². The molecule has 0 fully saturated rings. The lowest BCUT2D eigenvalue weighted by atomic mass is 10.0. The second-order valence-electron chi connectivity index (χ2n) is 21.7. The van der Waals surface area contributed by atoms with Crippen LogP contribution in [0.2, 0.25) is 0 Å². The highest BCUT2D eigenvalue weighted by Crippen LogP contribution is 2.17. The summed E-state index contributed by atoms with van der Waals surface area (Å²) in [5.74, 6) is -0.860. The van der Waals surface area contributed by atoms with Crippen molar-refractivity contribution >= 4 is 17.9 Å². The number of allylic oxidation sites excluding steroid dienone is 14. The molecule has 0 aromatic carbocycles. The number of unbranched alkanes of at least 4 members (excludes halogenated alkanes) is 34. The minimum Gasteiger partial charge on any atom is -0.462 e. The summed E-state index contributed by atoms with van der Waals surface area (Å²) in [6.45, 7) is 6.54. The molecule has 6 heteroatoms. The summed E-state index contributed by atoms with van der Waals surface area (Å²) in [6, 6.07) is 0. The first-order valence-electron chi connectivity index (χ1n) is 32.6. The zero-order chi connectivity index (χ0) is 55.0. The Balaban J connectivity index is 4.06. The molecule has 0 saturated heterocycles. The molecule has 1 unspecified atom stereocenters. The van der Waals surface area contributed by atoms with Gasteiger partial charge in [0.1, 0.15) is 13.2 Å². The van der Waals surface area contributed by atoms with Crippen molar-refractivity contribution in [2.45, 2.75) is 329 Å². The third-order valence-corrected chi connectivity index (χ3v) is 14.2. The van der Waals surface area contributed by atoms with Crippen LogP contribution in [0.1, 0.15) is 323 Å². The molecule has 0 aliphatic rings. The maximum atomic E-state index is 12.8. The Morgan fingerprint density at radius 2 is 0.513 bits per heavy atom. The van der Waals surface area contributed by atoms with Crippen LogP contribution >= 0.6 is 0 Å². The molecule has 0 radical (unpaired) electrons. The number of carbonyl (C=O) groups is 3. The lowest BCUT2D eigenvalue weighted by Gasteiger charge is -2.18. The van der Waals surface area contributed by atoms with Crippen LogP contribution in [0.15, 0.2) is 85.1 Å². The molecule has 6 nitrogen and oxygen atoms in total. The highest BCUT2D eigenvalue weighted by atomic mass is 16.6. The van der Waals surface area contributed by atoms with Crippen LogP contribution in [0.4, 0.5) is 0 Å². The van der Waals surface area contributed by atoms with Crippen LogP contribution in [0.5, 0.6) is 0 Å². The Morgan fingerprint density at radius 3 is 0.803 bits per heavy atom. The summed E-state index contributed by atoms with van der Waals surface area (Å²) in [4.78, 5) is 38.1. The van der Waals surface area contributed by atoms with Gasteiger partial charge in [0.25, 0.3) is 0 Å². The van der Waals surface area contributed by atoms with Crippen molar-refractivity contribution in [3.8, 4) is 0 Å². The van der Waals surface area contributed by atoms with Gasteiger partial charge >= 0.3 is 17.9 Å². The van der Waals surface area contributed by atoms with Gasteiger partial charge in [-0.2, -0.15) is 0 Å². The van der Waals surface area contributed by atoms with Gasteiger partial charge in [-0.15, -0.1) is 0 Å². The smallest absolute Gasteiger partial charge is 0.306 e. The average molecular weight is 1060 g/mol. The summed E-state index contributed by atoms with van der Waals surface area (Å²) >= 11 is 0. The van der Waals surface area contributed by atoms with Crippen LogP contribution in [0.25, 0.3) is 0 Å². The van der Waals surface area contributed by atoms with Gasteiger partial charge in [0.05, 0.1) is 0 Å². The molecular formula is C70H122O6. The second kappa shape index (κ2) is 64.1. The Morgan fingerprint density at radius 1 is 0.276 bits per heavy atom. The van der Waals surface area contributed by atoms with Gasteiger partial charge in [-0.25, -0.2) is 0 Å². The molecule has 0 aromatic heterocycles. The van der Waals surface area contributed by atoms with Gasteiger partial charge in [0.2, 0.25) is 0 Å². The minimum atomic E-state index is -0.770. The third-order valence-electron chi connectivity index (χ3n) is 14.2. The Labute approximate surface area is 471 Å². The van der Waals surface area contributed by atoms with Crippen molar-refractivity contribution in [1.82, 2.24) is 0 Å². The van der Waals surface area contributed by atoms with Crippen LogP contribution < -0.4 is 0 Å². The zero-order valence-corrected chi connectivity index (χ0v) is 50.3. The first kappa shape index (κ1) is 72.6. The third kappa shape index (κ3) is 61.4. The Bertz CT molecular complexity index is 1450. The minimum absolute atomic E-state index is 0.0703. The van der Waals surface area contributed by atoms with Gasteiger partial charge in [-0.3, -0.25) is 14.4 Å². The van der Waals surface area contributed by atoms with Crippen molar-refractivity contribution in [2.75, 3.05) is 13.2 Å². The van der Waals surface area contributed by atoms with Crippen molar-refractivity contribution in [3.05, 3.63) is 85.1 Å². The molecule has 0 amide bonds. The fraction of sp³-hybridized carbons (Fsp3) is 0.757. The van der Waals surface area contributed by atoms with E-state index in [0.717, 1.165) is 103 Å². The van der Waals surface area contributed by atoms with Crippen molar-refractivity contribution in [1.29, 1.82) is 0 Å². The number of hydrogen-bond acceptors (Lipinski definition) is 6. The summed E-state index contributed by atoms with van der Waals surface area (Å²) < 4.78 is 16.9. The SMILES string of the molecule is CC/C=C\C/C=C\C/C=C\C/C=C\C/C=C\C/C=C\C/C=C\CCCCCCCCCCCCCCCC(=O)OCC(COC(=O)CCCCCCCCCCC)OC(=O)CCCCCCCCCCCCCCCC. The quantitative estimate of drug-likeness (QED) is 0.0261. The van der Waals surface area contributed by atoms with E-state index >= 15 is 0 Å². The van der Waals surface area contributed by atoms with E-state index in [1.54, 1.807) is 0 Å². The standard InChI is InChI=1S/C70H122O6/c1-4-7-10-13-16-19-21-23-25-26-27-28-29-30-31-32-33-34-35-36-37-38-39-40-41-42-43-44-45-47-48-51-54-57-60-63-69(72)75-66-67(65-74-68(71)62-59-56-53-50-18-15-12-9-6-3)76-70(73)64-61-58-55-52-49-46-24-22-20-17-14-11-8-5-2/h7,10,16,19,23,25,27-28,30-31,33-34,36-37,67H,4-6,8-9,11-15,17-18,20-22,24,26,29,32,35,38-66H2,1-3H3/b10-7-,19-16-,25-23-,28-27-,31-30-,34-33-,37-36-. The molecule has 0 aromatic rings. The van der Waals surface area contributed by atoms with Crippen molar-refractivity contribution in [3.63, 3.8) is 0 Å². The maximum Gasteiger partial charge on any atom is 0.306 e. The normalized spacial score (nSPS) is 12.6. The summed E-state index contributed by atoms with van der Waals surface area (Å²) in [6.07, 6.45) is 84.7. The predicted octanol–water partition coefficient (Wildman–Crippen LogP) is 22.3. The Kier molecular flexibility index (Phi) is 61.2. The van der Waals surface area contributed by atoms with E-state index in [2.05, 4.69) is 106 Å². The molecule has 0 aliphatic heterocycles. The lowest BCUT2D eigenvalue weighted by Crippen LogP contribution is -2.30. The Hall–Kier alpha value is -3.41. The zero-order valence-electron chi connectivity index (χ0n) is 50.3. The van der Waals surface area contributed by atoms with E-state index in [1.165, 1.54) is 180 Å². The summed E-state index contributed by atoms with van der Waals surface area (Å²) in [5, 5.41) is 0. The van der Waals surface area contributed by atoms with Crippen molar-refractivity contribution < 1.29 is 28.6 Å². The molecule has 0 rings (SSSR count). The van der Waals surface area contributed by atoms with Crippen LogP contribution in [-0.2, 0) is 28.6 Å².